The molecule has 4 rings (SSSR count). The van der Waals surface area contributed by atoms with E-state index in [4.69, 9.17) is 0 Å². The molecule has 6 nitrogen and oxygen atoms in total. The van der Waals surface area contributed by atoms with E-state index in [1.54, 1.807) is 0 Å². The first-order chi connectivity index (χ1) is 14.9. The zero-order valence-corrected chi connectivity index (χ0v) is 18.0. The Morgan fingerprint density at radius 2 is 1.68 bits per heavy atom. The summed E-state index contributed by atoms with van der Waals surface area (Å²) < 4.78 is 39.0. The van der Waals surface area contributed by atoms with Gasteiger partial charge in [0.1, 0.15) is 6.54 Å². The van der Waals surface area contributed by atoms with Crippen LogP contribution in [0.5, 0.6) is 0 Å². The van der Waals surface area contributed by atoms with E-state index in [1.165, 1.54) is 5.56 Å². The fourth-order valence-electron chi connectivity index (χ4n) is 3.34. The van der Waals surface area contributed by atoms with Gasteiger partial charge in [-0.15, -0.1) is 0 Å². The average Bonchev–Trinajstić information content (AvgIpc) is 2.75. The maximum Gasteiger partial charge on any atom is 0.405 e. The first-order valence-electron chi connectivity index (χ1n) is 9.72. The van der Waals surface area contributed by atoms with Crippen molar-refractivity contribution in [3.63, 3.8) is 0 Å². The summed E-state index contributed by atoms with van der Waals surface area (Å²) in [4.78, 5) is 14.8. The van der Waals surface area contributed by atoms with E-state index in [0.29, 0.717) is 25.6 Å². The molecule has 1 aromatic heterocycles. The van der Waals surface area contributed by atoms with Gasteiger partial charge in [0.25, 0.3) is 0 Å². The second kappa shape index (κ2) is 9.09. The van der Waals surface area contributed by atoms with Crippen molar-refractivity contribution in [2.45, 2.75) is 25.7 Å². The normalized spacial score (nSPS) is 13.6. The molecule has 0 atom stereocenters. The Labute approximate surface area is 186 Å². The number of alkyl halides is 3. The maximum atomic E-state index is 12.7. The quantitative estimate of drug-likeness (QED) is 0.516. The highest BCUT2D eigenvalue weighted by Crippen LogP contribution is 2.24. The molecule has 31 heavy (non-hydrogen) atoms. The molecule has 0 bridgehead atoms. The number of hydrogen-bond acceptors (Lipinski definition) is 6. The standard InChI is InChI=1S/C21H20BrF3N6/c22-17-7-3-4-14(10-17)11-26-18-28-19(27-13-21(23,24)25)30-20(29-18)31-9-8-15-5-1-2-6-16(15)12-31/h1-7,10H,8-9,11-13H2,(H2,26,27,28,29,30). The highest BCUT2D eigenvalue weighted by atomic mass is 79.9. The molecule has 0 radical (unpaired) electrons. The van der Waals surface area contributed by atoms with Gasteiger partial charge >= 0.3 is 6.18 Å². The first kappa shape index (κ1) is 21.4. The van der Waals surface area contributed by atoms with Crippen molar-refractivity contribution in [1.29, 1.82) is 0 Å². The van der Waals surface area contributed by atoms with Crippen molar-refractivity contribution in [2.24, 2.45) is 0 Å². The Morgan fingerprint density at radius 3 is 2.42 bits per heavy atom. The zero-order valence-electron chi connectivity index (χ0n) is 16.5. The van der Waals surface area contributed by atoms with E-state index in [-0.39, 0.29) is 11.9 Å². The van der Waals surface area contributed by atoms with E-state index >= 15 is 0 Å². The van der Waals surface area contributed by atoms with Gasteiger partial charge in [-0.05, 0) is 35.2 Å². The summed E-state index contributed by atoms with van der Waals surface area (Å²) in [7, 11) is 0. The molecule has 2 aromatic carbocycles. The molecule has 0 aliphatic carbocycles. The van der Waals surface area contributed by atoms with Crippen molar-refractivity contribution in [3.05, 3.63) is 69.7 Å². The lowest BCUT2D eigenvalue weighted by Gasteiger charge is -2.29. The number of aromatic nitrogens is 3. The molecule has 0 unspecified atom stereocenters. The van der Waals surface area contributed by atoms with Crippen LogP contribution < -0.4 is 15.5 Å². The van der Waals surface area contributed by atoms with Gasteiger partial charge in [-0.3, -0.25) is 0 Å². The molecule has 2 N–H and O–H groups in total. The number of benzene rings is 2. The summed E-state index contributed by atoms with van der Waals surface area (Å²) in [6.45, 7) is 0.462. The Hall–Kier alpha value is -2.88. The molecule has 1 aliphatic rings. The van der Waals surface area contributed by atoms with Gasteiger partial charge in [0.15, 0.2) is 0 Å². The van der Waals surface area contributed by atoms with E-state index in [2.05, 4.69) is 47.6 Å². The highest BCUT2D eigenvalue weighted by molar-refractivity contribution is 9.10. The van der Waals surface area contributed by atoms with E-state index in [1.807, 2.05) is 47.4 Å². The predicted octanol–water partition coefficient (Wildman–Crippen LogP) is 4.78. The molecule has 0 saturated carbocycles. The second-order valence-corrected chi connectivity index (χ2v) is 8.09. The summed E-state index contributed by atoms with van der Waals surface area (Å²) >= 11 is 3.42. The largest absolute Gasteiger partial charge is 0.405 e. The second-order valence-electron chi connectivity index (χ2n) is 7.18. The summed E-state index contributed by atoms with van der Waals surface area (Å²) in [5, 5.41) is 5.36. The Bertz CT molecular complexity index is 1060. The van der Waals surface area contributed by atoms with Crippen LogP contribution in [0.15, 0.2) is 53.0 Å². The van der Waals surface area contributed by atoms with Gasteiger partial charge in [-0.2, -0.15) is 28.1 Å². The van der Waals surface area contributed by atoms with Crippen LogP contribution in [0.2, 0.25) is 0 Å². The smallest absolute Gasteiger partial charge is 0.350 e. The van der Waals surface area contributed by atoms with Gasteiger partial charge in [0.2, 0.25) is 17.8 Å². The molecular formula is C21H20BrF3N6. The summed E-state index contributed by atoms with van der Waals surface area (Å²) in [5.41, 5.74) is 3.40. The number of anilines is 3. The summed E-state index contributed by atoms with van der Waals surface area (Å²) in [5.74, 6) is 0.442. The van der Waals surface area contributed by atoms with Crippen molar-refractivity contribution in [2.75, 3.05) is 28.6 Å². The SMILES string of the molecule is FC(F)(F)CNc1nc(NCc2cccc(Br)c2)nc(N2CCc3ccccc3C2)n1. The van der Waals surface area contributed by atoms with E-state index in [9.17, 15) is 13.2 Å². The molecule has 1 aliphatic heterocycles. The molecule has 0 fully saturated rings. The number of rotatable bonds is 6. The highest BCUT2D eigenvalue weighted by Gasteiger charge is 2.28. The van der Waals surface area contributed by atoms with Crippen LogP contribution in [0.25, 0.3) is 0 Å². The van der Waals surface area contributed by atoms with Crippen LogP contribution in [-0.4, -0.2) is 34.2 Å². The predicted molar refractivity (Wildman–Crippen MR) is 117 cm³/mol. The minimum atomic E-state index is -4.37. The van der Waals surface area contributed by atoms with Crippen molar-refractivity contribution < 1.29 is 13.2 Å². The maximum absolute atomic E-state index is 12.7. The van der Waals surface area contributed by atoms with Crippen LogP contribution >= 0.6 is 15.9 Å². The van der Waals surface area contributed by atoms with Crippen LogP contribution in [0.3, 0.4) is 0 Å². The lowest BCUT2D eigenvalue weighted by atomic mass is 10.0. The van der Waals surface area contributed by atoms with Crippen LogP contribution in [0.4, 0.5) is 31.0 Å². The van der Waals surface area contributed by atoms with Crippen LogP contribution in [-0.2, 0) is 19.5 Å². The van der Waals surface area contributed by atoms with Gasteiger partial charge in [0, 0.05) is 24.1 Å². The average molecular weight is 493 g/mol. The number of hydrogen-bond donors (Lipinski definition) is 2. The Balaban J connectivity index is 1.57. The van der Waals surface area contributed by atoms with Crippen LogP contribution in [0, 0.1) is 0 Å². The van der Waals surface area contributed by atoms with Crippen LogP contribution in [0.1, 0.15) is 16.7 Å². The Morgan fingerprint density at radius 1 is 0.935 bits per heavy atom. The third-order valence-corrected chi connectivity index (χ3v) is 5.32. The molecule has 3 aromatic rings. The third kappa shape index (κ3) is 5.84. The van der Waals surface area contributed by atoms with Gasteiger partial charge in [-0.1, -0.05) is 52.3 Å². The summed E-state index contributed by atoms with van der Waals surface area (Å²) in [6.07, 6.45) is -3.56. The number of nitrogens with zero attached hydrogens (tertiary/aromatic N) is 4. The topological polar surface area (TPSA) is 66.0 Å². The number of nitrogens with one attached hydrogen (secondary N) is 2. The molecular weight excluding hydrogens is 473 g/mol. The van der Waals surface area contributed by atoms with Crippen molar-refractivity contribution in [3.8, 4) is 0 Å². The minimum absolute atomic E-state index is 0.113. The molecule has 2 heterocycles. The number of fused-ring (bicyclic) bond motifs is 1. The van der Waals surface area contributed by atoms with Gasteiger partial charge in [0.05, 0.1) is 0 Å². The lowest BCUT2D eigenvalue weighted by Crippen LogP contribution is -2.32. The third-order valence-electron chi connectivity index (χ3n) is 4.82. The van der Waals surface area contributed by atoms with E-state index in [0.717, 1.165) is 22.0 Å². The van der Waals surface area contributed by atoms with Crippen molar-refractivity contribution in [1.82, 2.24) is 15.0 Å². The summed E-state index contributed by atoms with van der Waals surface area (Å²) in [6, 6.07) is 15.8. The lowest BCUT2D eigenvalue weighted by molar-refractivity contribution is -0.115. The van der Waals surface area contributed by atoms with Crippen molar-refractivity contribution >= 4 is 33.8 Å². The molecule has 0 saturated heterocycles. The molecule has 0 amide bonds. The molecule has 162 valence electrons. The zero-order chi connectivity index (χ0) is 21.8. The number of halogens is 4. The fourth-order valence-corrected chi connectivity index (χ4v) is 3.78. The monoisotopic (exact) mass is 492 g/mol. The molecule has 10 heteroatoms. The van der Waals surface area contributed by atoms with Gasteiger partial charge in [-0.25, -0.2) is 0 Å². The van der Waals surface area contributed by atoms with E-state index < -0.39 is 12.7 Å². The Kier molecular flexibility index (Phi) is 6.26. The molecule has 0 spiro atoms. The fraction of sp³-hybridized carbons (Fsp3) is 0.286. The first-order valence-corrected chi connectivity index (χ1v) is 10.5. The van der Waals surface area contributed by atoms with Gasteiger partial charge < -0.3 is 15.5 Å². The minimum Gasteiger partial charge on any atom is -0.350 e.